The van der Waals surface area contributed by atoms with Gasteiger partial charge < -0.3 is 14.5 Å². The number of hydrogen-bond acceptors (Lipinski definition) is 3. The lowest BCUT2D eigenvalue weighted by atomic mass is 10.0. The van der Waals surface area contributed by atoms with E-state index < -0.39 is 0 Å². The smallest absolute Gasteiger partial charge is 0.253 e. The van der Waals surface area contributed by atoms with Crippen LogP contribution in [-0.2, 0) is 11.2 Å². The van der Waals surface area contributed by atoms with Gasteiger partial charge in [0.2, 0.25) is 5.91 Å². The van der Waals surface area contributed by atoms with E-state index >= 15 is 0 Å². The summed E-state index contributed by atoms with van der Waals surface area (Å²) in [6, 6.07) is 5.73. The van der Waals surface area contributed by atoms with E-state index in [1.54, 1.807) is 0 Å². The lowest BCUT2D eigenvalue weighted by Gasteiger charge is -2.23. The van der Waals surface area contributed by atoms with Gasteiger partial charge in [0.1, 0.15) is 5.75 Å². The molecule has 2 amide bonds. The van der Waals surface area contributed by atoms with Crippen LogP contribution in [0.5, 0.6) is 5.75 Å². The van der Waals surface area contributed by atoms with Crippen LogP contribution in [0.1, 0.15) is 42.1 Å². The van der Waals surface area contributed by atoms with Gasteiger partial charge in [-0.05, 0) is 43.0 Å². The summed E-state index contributed by atoms with van der Waals surface area (Å²) in [4.78, 5) is 28.3. The van der Waals surface area contributed by atoms with E-state index in [4.69, 9.17) is 4.74 Å². The standard InChI is InChI=1S/C18H24N2O3/c1-2-17(21)19-8-4-9-20(11-10-19)18(22)15-6-7-16-14(13-15)5-3-12-23-16/h6-7,13H,2-5,8-12H2,1H3. The summed E-state index contributed by atoms with van der Waals surface area (Å²) in [6.07, 6.45) is 3.34. The molecule has 1 aromatic rings. The fraction of sp³-hybridized carbons (Fsp3) is 0.556. The van der Waals surface area contributed by atoms with Crippen molar-refractivity contribution in [2.24, 2.45) is 0 Å². The second-order valence-electron chi connectivity index (χ2n) is 6.15. The maximum Gasteiger partial charge on any atom is 0.253 e. The molecular formula is C18H24N2O3. The summed E-state index contributed by atoms with van der Waals surface area (Å²) in [5.41, 5.74) is 1.85. The second kappa shape index (κ2) is 7.02. The van der Waals surface area contributed by atoms with Crippen LogP contribution >= 0.6 is 0 Å². The number of ether oxygens (including phenoxy) is 1. The summed E-state index contributed by atoms with van der Waals surface area (Å²) in [7, 11) is 0. The molecule has 2 aliphatic heterocycles. The first kappa shape index (κ1) is 15.8. The molecule has 0 unspecified atom stereocenters. The molecule has 124 valence electrons. The molecule has 3 rings (SSSR count). The highest BCUT2D eigenvalue weighted by Gasteiger charge is 2.23. The van der Waals surface area contributed by atoms with Crippen molar-refractivity contribution < 1.29 is 14.3 Å². The highest BCUT2D eigenvalue weighted by molar-refractivity contribution is 5.94. The number of amides is 2. The third kappa shape index (κ3) is 3.49. The number of rotatable bonds is 2. The number of aryl methyl sites for hydroxylation is 1. The monoisotopic (exact) mass is 316 g/mol. The number of carbonyl (C=O) groups excluding carboxylic acids is 2. The van der Waals surface area contributed by atoms with Crippen molar-refractivity contribution >= 4 is 11.8 Å². The van der Waals surface area contributed by atoms with Crippen LogP contribution in [0.25, 0.3) is 0 Å². The Balaban J connectivity index is 1.69. The van der Waals surface area contributed by atoms with Gasteiger partial charge in [0.25, 0.3) is 5.91 Å². The maximum atomic E-state index is 12.8. The minimum atomic E-state index is 0.0594. The molecule has 0 spiro atoms. The Morgan fingerprint density at radius 3 is 2.70 bits per heavy atom. The predicted octanol–water partition coefficient (Wildman–Crippen LogP) is 2.10. The highest BCUT2D eigenvalue weighted by Crippen LogP contribution is 2.26. The fourth-order valence-corrected chi connectivity index (χ4v) is 3.27. The van der Waals surface area contributed by atoms with E-state index in [-0.39, 0.29) is 11.8 Å². The number of hydrogen-bond donors (Lipinski definition) is 0. The zero-order chi connectivity index (χ0) is 16.2. The molecule has 0 atom stereocenters. The van der Waals surface area contributed by atoms with Gasteiger partial charge in [-0.1, -0.05) is 6.92 Å². The van der Waals surface area contributed by atoms with Crippen molar-refractivity contribution in [2.45, 2.75) is 32.6 Å². The van der Waals surface area contributed by atoms with E-state index in [0.29, 0.717) is 26.1 Å². The molecule has 0 aliphatic carbocycles. The van der Waals surface area contributed by atoms with Crippen molar-refractivity contribution in [3.8, 4) is 5.75 Å². The van der Waals surface area contributed by atoms with Crippen molar-refractivity contribution in [3.05, 3.63) is 29.3 Å². The molecule has 0 radical (unpaired) electrons. The van der Waals surface area contributed by atoms with Crippen LogP contribution in [-0.4, -0.2) is 54.4 Å². The van der Waals surface area contributed by atoms with Gasteiger partial charge >= 0.3 is 0 Å². The van der Waals surface area contributed by atoms with E-state index in [1.807, 2.05) is 34.9 Å². The highest BCUT2D eigenvalue weighted by atomic mass is 16.5. The summed E-state index contributed by atoms with van der Waals surface area (Å²) in [6.45, 7) is 5.33. The minimum Gasteiger partial charge on any atom is -0.493 e. The summed E-state index contributed by atoms with van der Waals surface area (Å²) < 4.78 is 5.61. The van der Waals surface area contributed by atoms with E-state index in [9.17, 15) is 9.59 Å². The van der Waals surface area contributed by atoms with Gasteiger partial charge in [-0.3, -0.25) is 9.59 Å². The molecular weight excluding hydrogens is 292 g/mol. The van der Waals surface area contributed by atoms with Crippen LogP contribution in [0.3, 0.4) is 0 Å². The van der Waals surface area contributed by atoms with Gasteiger partial charge in [0, 0.05) is 38.2 Å². The van der Waals surface area contributed by atoms with Crippen LogP contribution in [0.4, 0.5) is 0 Å². The van der Waals surface area contributed by atoms with Crippen LogP contribution in [0, 0.1) is 0 Å². The Kier molecular flexibility index (Phi) is 4.84. The van der Waals surface area contributed by atoms with Crippen LogP contribution < -0.4 is 4.74 Å². The molecule has 1 fully saturated rings. The Labute approximate surface area is 137 Å². The van der Waals surface area contributed by atoms with Crippen LogP contribution in [0.2, 0.25) is 0 Å². The van der Waals surface area contributed by atoms with Crippen molar-refractivity contribution in [1.82, 2.24) is 9.80 Å². The van der Waals surface area contributed by atoms with E-state index in [0.717, 1.165) is 49.3 Å². The molecule has 0 saturated carbocycles. The lowest BCUT2D eigenvalue weighted by Crippen LogP contribution is -2.37. The third-order valence-corrected chi connectivity index (χ3v) is 4.59. The summed E-state index contributed by atoms with van der Waals surface area (Å²) in [5, 5.41) is 0. The number of carbonyl (C=O) groups is 2. The Morgan fingerprint density at radius 2 is 1.87 bits per heavy atom. The molecule has 23 heavy (non-hydrogen) atoms. The summed E-state index contributed by atoms with van der Waals surface area (Å²) >= 11 is 0. The number of nitrogens with zero attached hydrogens (tertiary/aromatic N) is 2. The van der Waals surface area contributed by atoms with Gasteiger partial charge in [-0.15, -0.1) is 0 Å². The van der Waals surface area contributed by atoms with Crippen molar-refractivity contribution in [2.75, 3.05) is 32.8 Å². The first-order chi connectivity index (χ1) is 11.2. The average Bonchev–Trinajstić information content (AvgIpc) is 2.86. The first-order valence-electron chi connectivity index (χ1n) is 8.52. The van der Waals surface area contributed by atoms with Gasteiger partial charge in [0.05, 0.1) is 6.61 Å². The predicted molar refractivity (Wildman–Crippen MR) is 87.6 cm³/mol. The minimum absolute atomic E-state index is 0.0594. The van der Waals surface area contributed by atoms with E-state index in [1.165, 1.54) is 0 Å². The Morgan fingerprint density at radius 1 is 1.09 bits per heavy atom. The van der Waals surface area contributed by atoms with E-state index in [2.05, 4.69) is 0 Å². The maximum absolute atomic E-state index is 12.8. The molecule has 0 N–H and O–H groups in total. The SMILES string of the molecule is CCC(=O)N1CCCN(C(=O)c2ccc3c(c2)CCCO3)CC1. The topological polar surface area (TPSA) is 49.9 Å². The first-order valence-corrected chi connectivity index (χ1v) is 8.52. The number of benzene rings is 1. The summed E-state index contributed by atoms with van der Waals surface area (Å²) in [5.74, 6) is 1.14. The molecule has 2 aliphatic rings. The Hall–Kier alpha value is -2.04. The van der Waals surface area contributed by atoms with Gasteiger partial charge in [0.15, 0.2) is 0 Å². The largest absolute Gasteiger partial charge is 0.493 e. The second-order valence-corrected chi connectivity index (χ2v) is 6.15. The van der Waals surface area contributed by atoms with Crippen molar-refractivity contribution in [1.29, 1.82) is 0 Å². The molecule has 5 nitrogen and oxygen atoms in total. The van der Waals surface area contributed by atoms with Gasteiger partial charge in [-0.25, -0.2) is 0 Å². The Bertz CT molecular complexity index is 600. The third-order valence-electron chi connectivity index (χ3n) is 4.59. The van der Waals surface area contributed by atoms with Crippen molar-refractivity contribution in [3.63, 3.8) is 0 Å². The van der Waals surface area contributed by atoms with Gasteiger partial charge in [-0.2, -0.15) is 0 Å². The zero-order valence-electron chi connectivity index (χ0n) is 13.7. The molecule has 2 heterocycles. The molecule has 0 bridgehead atoms. The quantitative estimate of drug-likeness (QED) is 0.839. The molecule has 0 aromatic heterocycles. The fourth-order valence-electron chi connectivity index (χ4n) is 3.27. The average molecular weight is 316 g/mol. The molecule has 5 heteroatoms. The molecule has 1 saturated heterocycles. The normalized spacial score (nSPS) is 18.0. The molecule has 1 aromatic carbocycles. The lowest BCUT2D eigenvalue weighted by molar-refractivity contribution is -0.130. The van der Waals surface area contributed by atoms with Crippen LogP contribution in [0.15, 0.2) is 18.2 Å². The zero-order valence-corrected chi connectivity index (χ0v) is 13.7. The number of fused-ring (bicyclic) bond motifs is 1.